The van der Waals surface area contributed by atoms with Gasteiger partial charge in [0.25, 0.3) is 0 Å². The van der Waals surface area contributed by atoms with E-state index in [4.69, 9.17) is 21.3 Å². The molecule has 0 aliphatic heterocycles. The Kier molecular flexibility index (Phi) is 3.01. The summed E-state index contributed by atoms with van der Waals surface area (Å²) in [6.45, 7) is 0.762. The van der Waals surface area contributed by atoms with Crippen LogP contribution < -0.4 is 4.74 Å². The van der Waals surface area contributed by atoms with Gasteiger partial charge in [0.1, 0.15) is 5.65 Å². The number of halogens is 1. The molecule has 4 aromatic rings. The number of pyridine rings is 1. The zero-order valence-electron chi connectivity index (χ0n) is 13.4. The largest absolute Gasteiger partial charge is 0.477 e. The number of nitrogens with zero attached hydrogens (tertiary/aromatic N) is 2. The van der Waals surface area contributed by atoms with Crippen LogP contribution in [0.5, 0.6) is 5.88 Å². The molecule has 0 bridgehead atoms. The molecule has 1 saturated carbocycles. The van der Waals surface area contributed by atoms with Crippen LogP contribution in [0.25, 0.3) is 32.7 Å². The Hall–Kier alpha value is -2.26. The first kappa shape index (κ1) is 14.1. The second-order valence-corrected chi connectivity index (χ2v) is 7.07. The predicted octanol–water partition coefficient (Wildman–Crippen LogP) is 5.32. The van der Waals surface area contributed by atoms with Crippen molar-refractivity contribution in [1.29, 1.82) is 0 Å². The Balaban J connectivity index is 1.87. The lowest BCUT2D eigenvalue weighted by molar-refractivity contribution is 0.293. The fourth-order valence-corrected chi connectivity index (χ4v) is 3.61. The number of aromatic nitrogens is 2. The third-order valence-corrected chi connectivity index (χ3v) is 5.15. The molecule has 0 saturated heterocycles. The normalized spacial score (nSPS) is 14.8. The molecule has 5 rings (SSSR count). The molecule has 1 aliphatic carbocycles. The summed E-state index contributed by atoms with van der Waals surface area (Å²) in [6, 6.07) is 14.3. The van der Waals surface area contributed by atoms with Crippen LogP contribution in [0, 0.1) is 5.92 Å². The molecule has 2 heterocycles. The lowest BCUT2D eigenvalue weighted by Crippen LogP contribution is -2.02. The van der Waals surface area contributed by atoms with Gasteiger partial charge in [0, 0.05) is 28.2 Å². The highest BCUT2D eigenvalue weighted by Gasteiger charge is 2.23. The number of benzene rings is 2. The van der Waals surface area contributed by atoms with Gasteiger partial charge >= 0.3 is 0 Å². The molecule has 1 aliphatic rings. The summed E-state index contributed by atoms with van der Waals surface area (Å²) in [6.07, 6.45) is 2.54. The van der Waals surface area contributed by atoms with Gasteiger partial charge in [-0.15, -0.1) is 0 Å². The summed E-state index contributed by atoms with van der Waals surface area (Å²) in [5, 5.41) is 5.26. The molecule has 0 spiro atoms. The van der Waals surface area contributed by atoms with Crippen LogP contribution in [-0.2, 0) is 7.05 Å². The quantitative estimate of drug-likeness (QED) is 0.506. The Bertz CT molecular complexity index is 1100. The SMILES string of the molecule is Cn1c2ccc(Cl)cc2c2c3ccccc3c(OCC3CC3)nc21. The third kappa shape index (κ3) is 2.08. The number of aryl methyl sites for hydroxylation is 1. The molecule has 3 nitrogen and oxygen atoms in total. The molecule has 0 radical (unpaired) electrons. The van der Waals surface area contributed by atoms with Gasteiger partial charge in [-0.1, -0.05) is 29.8 Å². The van der Waals surface area contributed by atoms with Crippen molar-refractivity contribution in [3.8, 4) is 5.88 Å². The fraction of sp³-hybridized carbons (Fsp3) is 0.250. The van der Waals surface area contributed by atoms with E-state index in [2.05, 4.69) is 28.8 Å². The van der Waals surface area contributed by atoms with Gasteiger partial charge in [0.15, 0.2) is 0 Å². The molecule has 0 amide bonds. The number of ether oxygens (including phenoxy) is 1. The first-order chi connectivity index (χ1) is 11.7. The Morgan fingerprint density at radius 2 is 1.92 bits per heavy atom. The smallest absolute Gasteiger partial charge is 0.223 e. The minimum atomic E-state index is 0.701. The maximum Gasteiger partial charge on any atom is 0.223 e. The van der Waals surface area contributed by atoms with Gasteiger partial charge < -0.3 is 9.30 Å². The van der Waals surface area contributed by atoms with Gasteiger partial charge in [-0.05, 0) is 48.4 Å². The molecule has 2 aromatic heterocycles. The lowest BCUT2D eigenvalue weighted by Gasteiger charge is -2.09. The van der Waals surface area contributed by atoms with Crippen LogP contribution in [0.3, 0.4) is 0 Å². The molecule has 2 aromatic carbocycles. The summed E-state index contributed by atoms with van der Waals surface area (Å²) >= 11 is 6.25. The van der Waals surface area contributed by atoms with Crippen molar-refractivity contribution in [1.82, 2.24) is 9.55 Å². The number of hydrogen-bond acceptors (Lipinski definition) is 2. The van der Waals surface area contributed by atoms with Crippen LogP contribution in [-0.4, -0.2) is 16.2 Å². The van der Waals surface area contributed by atoms with Gasteiger partial charge in [-0.25, -0.2) is 0 Å². The second-order valence-electron chi connectivity index (χ2n) is 6.64. The van der Waals surface area contributed by atoms with Crippen molar-refractivity contribution in [2.75, 3.05) is 6.61 Å². The Morgan fingerprint density at radius 1 is 1.12 bits per heavy atom. The van der Waals surface area contributed by atoms with E-state index >= 15 is 0 Å². The van der Waals surface area contributed by atoms with E-state index in [-0.39, 0.29) is 0 Å². The van der Waals surface area contributed by atoms with E-state index in [1.54, 1.807) is 0 Å². The lowest BCUT2D eigenvalue weighted by atomic mass is 10.1. The van der Waals surface area contributed by atoms with Crippen LogP contribution in [0.1, 0.15) is 12.8 Å². The minimum Gasteiger partial charge on any atom is -0.477 e. The first-order valence-corrected chi connectivity index (χ1v) is 8.69. The molecule has 24 heavy (non-hydrogen) atoms. The molecule has 120 valence electrons. The van der Waals surface area contributed by atoms with Gasteiger partial charge in [0.2, 0.25) is 5.88 Å². The molecule has 0 N–H and O–H groups in total. The van der Waals surface area contributed by atoms with Crippen molar-refractivity contribution < 1.29 is 4.74 Å². The van der Waals surface area contributed by atoms with Crippen molar-refractivity contribution >= 4 is 44.3 Å². The minimum absolute atomic E-state index is 0.701. The maximum atomic E-state index is 6.25. The van der Waals surface area contributed by atoms with Gasteiger partial charge in [0.05, 0.1) is 12.1 Å². The molecule has 0 atom stereocenters. The van der Waals surface area contributed by atoms with Gasteiger partial charge in [-0.2, -0.15) is 4.98 Å². The third-order valence-electron chi connectivity index (χ3n) is 4.92. The predicted molar refractivity (Wildman–Crippen MR) is 99.0 cm³/mol. The molecule has 1 fully saturated rings. The highest BCUT2D eigenvalue weighted by atomic mass is 35.5. The van der Waals surface area contributed by atoms with E-state index in [0.717, 1.165) is 44.8 Å². The van der Waals surface area contributed by atoms with E-state index in [1.807, 2.05) is 25.2 Å². The van der Waals surface area contributed by atoms with Crippen LogP contribution in [0.15, 0.2) is 42.5 Å². The Labute approximate surface area is 144 Å². The van der Waals surface area contributed by atoms with Crippen molar-refractivity contribution in [2.24, 2.45) is 13.0 Å². The Morgan fingerprint density at radius 3 is 2.71 bits per heavy atom. The van der Waals surface area contributed by atoms with Crippen LogP contribution in [0.4, 0.5) is 0 Å². The topological polar surface area (TPSA) is 27.1 Å². The zero-order chi connectivity index (χ0) is 16.3. The second kappa shape index (κ2) is 5.12. The first-order valence-electron chi connectivity index (χ1n) is 8.31. The highest BCUT2D eigenvalue weighted by molar-refractivity contribution is 6.32. The monoisotopic (exact) mass is 336 g/mol. The number of rotatable bonds is 3. The zero-order valence-corrected chi connectivity index (χ0v) is 14.2. The molecule has 4 heteroatoms. The van der Waals surface area contributed by atoms with Gasteiger partial charge in [-0.3, -0.25) is 0 Å². The average molecular weight is 337 g/mol. The summed E-state index contributed by atoms with van der Waals surface area (Å²) in [5.41, 5.74) is 2.07. The fourth-order valence-electron chi connectivity index (χ4n) is 3.44. The van der Waals surface area contributed by atoms with Crippen molar-refractivity contribution in [3.63, 3.8) is 0 Å². The molecular weight excluding hydrogens is 320 g/mol. The summed E-state index contributed by atoms with van der Waals surface area (Å²) in [4.78, 5) is 4.87. The number of fused-ring (bicyclic) bond motifs is 5. The van der Waals surface area contributed by atoms with Crippen LogP contribution >= 0.6 is 11.6 Å². The highest BCUT2D eigenvalue weighted by Crippen LogP contribution is 2.38. The van der Waals surface area contributed by atoms with Crippen molar-refractivity contribution in [3.05, 3.63) is 47.5 Å². The standard InChI is InChI=1S/C20H17ClN2O/c1-23-17-9-8-13(21)10-16(17)18-14-4-2-3-5-15(14)20(22-19(18)23)24-11-12-6-7-12/h2-5,8-10,12H,6-7,11H2,1H3. The van der Waals surface area contributed by atoms with E-state index < -0.39 is 0 Å². The number of hydrogen-bond donors (Lipinski definition) is 0. The maximum absolute atomic E-state index is 6.25. The van der Waals surface area contributed by atoms with Crippen LogP contribution in [0.2, 0.25) is 5.02 Å². The summed E-state index contributed by atoms with van der Waals surface area (Å²) in [5.74, 6) is 1.44. The average Bonchev–Trinajstić information content (AvgIpc) is 3.38. The van der Waals surface area contributed by atoms with E-state index in [1.165, 1.54) is 18.2 Å². The summed E-state index contributed by atoms with van der Waals surface area (Å²) in [7, 11) is 2.05. The molecule has 0 unspecified atom stereocenters. The van der Waals surface area contributed by atoms with E-state index in [0.29, 0.717) is 5.92 Å². The molecular formula is C20H17ClN2O. The van der Waals surface area contributed by atoms with Crippen molar-refractivity contribution in [2.45, 2.75) is 12.8 Å². The van der Waals surface area contributed by atoms with E-state index in [9.17, 15) is 0 Å². The summed E-state index contributed by atoms with van der Waals surface area (Å²) < 4.78 is 8.20.